The smallest absolute Gasteiger partial charge is 0.398 e. The summed E-state index contributed by atoms with van der Waals surface area (Å²) in [4.78, 5) is 3.55. The van der Waals surface area contributed by atoms with Crippen LogP contribution in [0.3, 0.4) is 0 Å². The average Bonchev–Trinajstić information content (AvgIpc) is 2.47. The molecule has 1 aromatic heterocycles. The van der Waals surface area contributed by atoms with E-state index in [1.54, 1.807) is 0 Å². The second-order valence-corrected chi connectivity index (χ2v) is 6.06. The van der Waals surface area contributed by atoms with Crippen LogP contribution in [0.15, 0.2) is 12.1 Å². The van der Waals surface area contributed by atoms with Crippen LogP contribution in [0.25, 0.3) is 0 Å². The van der Waals surface area contributed by atoms with Gasteiger partial charge in [-0.3, -0.25) is 4.98 Å². The highest BCUT2D eigenvalue weighted by atomic mass is 35.5. The molecular formula is C12H14BClF3NO2. The fourth-order valence-corrected chi connectivity index (χ4v) is 1.96. The molecule has 0 saturated carbocycles. The van der Waals surface area contributed by atoms with Gasteiger partial charge in [0.05, 0.1) is 21.8 Å². The van der Waals surface area contributed by atoms with Crippen LogP contribution in [0.5, 0.6) is 0 Å². The van der Waals surface area contributed by atoms with Crippen molar-refractivity contribution in [3.05, 3.63) is 22.8 Å². The highest BCUT2D eigenvalue weighted by Crippen LogP contribution is 2.37. The van der Waals surface area contributed by atoms with Crippen LogP contribution >= 0.6 is 11.6 Å². The van der Waals surface area contributed by atoms with Gasteiger partial charge in [0.25, 0.3) is 0 Å². The van der Waals surface area contributed by atoms with Crippen LogP contribution < -0.4 is 5.59 Å². The number of rotatable bonds is 1. The third-order valence-corrected chi connectivity index (χ3v) is 3.94. The van der Waals surface area contributed by atoms with Gasteiger partial charge in [0.2, 0.25) is 0 Å². The van der Waals surface area contributed by atoms with Crippen LogP contribution in [0.4, 0.5) is 13.2 Å². The molecule has 0 aromatic carbocycles. The highest BCUT2D eigenvalue weighted by Gasteiger charge is 2.52. The van der Waals surface area contributed by atoms with E-state index in [9.17, 15) is 13.2 Å². The summed E-state index contributed by atoms with van der Waals surface area (Å²) in [6.07, 6.45) is -4.61. The molecule has 1 aliphatic heterocycles. The van der Waals surface area contributed by atoms with E-state index < -0.39 is 35.2 Å². The van der Waals surface area contributed by atoms with Gasteiger partial charge >= 0.3 is 13.3 Å². The lowest BCUT2D eigenvalue weighted by Gasteiger charge is -2.32. The van der Waals surface area contributed by atoms with Crippen molar-refractivity contribution in [2.45, 2.75) is 45.1 Å². The van der Waals surface area contributed by atoms with Crippen molar-refractivity contribution in [3.8, 4) is 0 Å². The molecule has 110 valence electrons. The Morgan fingerprint density at radius 2 is 1.60 bits per heavy atom. The number of hydrogen-bond acceptors (Lipinski definition) is 3. The minimum atomic E-state index is -4.61. The van der Waals surface area contributed by atoms with E-state index in [-0.39, 0.29) is 5.59 Å². The second kappa shape index (κ2) is 4.61. The monoisotopic (exact) mass is 307 g/mol. The third kappa shape index (κ3) is 2.66. The first-order valence-corrected chi connectivity index (χ1v) is 6.41. The summed E-state index contributed by atoms with van der Waals surface area (Å²) in [5.41, 5.74) is -2.36. The topological polar surface area (TPSA) is 31.4 Å². The van der Waals surface area contributed by atoms with Crippen molar-refractivity contribution in [3.63, 3.8) is 0 Å². The minimum Gasteiger partial charge on any atom is -0.398 e. The number of pyridine rings is 1. The first-order chi connectivity index (χ1) is 8.94. The molecule has 8 heteroatoms. The van der Waals surface area contributed by atoms with Crippen molar-refractivity contribution < 1.29 is 22.5 Å². The number of nitrogens with zero attached hydrogens (tertiary/aromatic N) is 1. The fraction of sp³-hybridized carbons (Fsp3) is 0.583. The number of halogens is 4. The molecule has 1 aromatic rings. The van der Waals surface area contributed by atoms with Gasteiger partial charge in [-0.25, -0.2) is 0 Å². The summed E-state index contributed by atoms with van der Waals surface area (Å²) in [6, 6.07) is 2.53. The maximum Gasteiger partial charge on any atom is 0.514 e. The standard InChI is InChI=1S/C12H14BClF3NO2/c1-10(2)11(3,4)20-13(19-10)8-6-5-7(14)9(18-8)12(15,16)17/h5-6H,1-4H3. The maximum atomic E-state index is 12.8. The Balaban J connectivity index is 2.37. The molecule has 1 aliphatic rings. The zero-order valence-corrected chi connectivity index (χ0v) is 12.3. The van der Waals surface area contributed by atoms with Gasteiger partial charge < -0.3 is 9.31 Å². The first-order valence-electron chi connectivity index (χ1n) is 6.03. The van der Waals surface area contributed by atoms with Gasteiger partial charge in [0.15, 0.2) is 5.69 Å². The fourth-order valence-electron chi connectivity index (χ4n) is 1.75. The summed E-state index contributed by atoms with van der Waals surface area (Å²) in [6.45, 7) is 7.25. The van der Waals surface area contributed by atoms with Crippen LogP contribution in [0, 0.1) is 0 Å². The molecule has 0 radical (unpaired) electrons. The Kier molecular flexibility index (Phi) is 3.60. The summed E-state index contributed by atoms with van der Waals surface area (Å²) >= 11 is 5.54. The Labute approximate surface area is 120 Å². The largest absolute Gasteiger partial charge is 0.514 e. The van der Waals surface area contributed by atoms with Crippen molar-refractivity contribution >= 4 is 24.3 Å². The Hall–Kier alpha value is -0.785. The zero-order chi connectivity index (χ0) is 15.3. The van der Waals surface area contributed by atoms with Crippen molar-refractivity contribution in [1.29, 1.82) is 0 Å². The molecule has 3 nitrogen and oxygen atoms in total. The predicted molar refractivity (Wildman–Crippen MR) is 70.0 cm³/mol. The SMILES string of the molecule is CC1(C)OB(c2ccc(Cl)c(C(F)(F)F)n2)OC1(C)C. The van der Waals surface area contributed by atoms with Gasteiger partial charge in [0, 0.05) is 0 Å². The van der Waals surface area contributed by atoms with E-state index in [0.29, 0.717) is 0 Å². The predicted octanol–water partition coefficient (Wildman–Crippen LogP) is 3.05. The number of alkyl halides is 3. The average molecular weight is 308 g/mol. The second-order valence-electron chi connectivity index (χ2n) is 5.65. The van der Waals surface area contributed by atoms with Crippen molar-refractivity contribution in [2.24, 2.45) is 0 Å². The maximum absolute atomic E-state index is 12.8. The highest BCUT2D eigenvalue weighted by molar-refractivity contribution is 6.61. The molecule has 0 N–H and O–H groups in total. The van der Waals surface area contributed by atoms with E-state index in [2.05, 4.69) is 4.98 Å². The molecular weight excluding hydrogens is 293 g/mol. The van der Waals surface area contributed by atoms with Crippen LogP contribution in [-0.4, -0.2) is 23.3 Å². The molecule has 2 heterocycles. The lowest BCUT2D eigenvalue weighted by Crippen LogP contribution is -2.41. The lowest BCUT2D eigenvalue weighted by atomic mass is 9.84. The molecule has 0 unspecified atom stereocenters. The Bertz CT molecular complexity index is 518. The summed E-state index contributed by atoms with van der Waals surface area (Å²) in [7, 11) is -0.946. The van der Waals surface area contributed by atoms with Gasteiger partial charge in [-0.1, -0.05) is 11.6 Å². The Morgan fingerprint density at radius 1 is 1.10 bits per heavy atom. The molecule has 2 rings (SSSR count). The van der Waals surface area contributed by atoms with E-state index in [0.717, 1.165) is 6.07 Å². The molecule has 0 atom stereocenters. The van der Waals surface area contributed by atoms with Gasteiger partial charge in [-0.2, -0.15) is 13.2 Å². The van der Waals surface area contributed by atoms with E-state index in [1.807, 2.05) is 27.7 Å². The number of hydrogen-bond donors (Lipinski definition) is 0. The van der Waals surface area contributed by atoms with E-state index in [4.69, 9.17) is 20.9 Å². The third-order valence-electron chi connectivity index (χ3n) is 3.63. The molecule has 1 fully saturated rings. The summed E-state index contributed by atoms with van der Waals surface area (Å²) in [5, 5.41) is -0.447. The summed E-state index contributed by atoms with van der Waals surface area (Å²) in [5.74, 6) is 0. The molecule has 0 aliphatic carbocycles. The van der Waals surface area contributed by atoms with Crippen LogP contribution in [0.2, 0.25) is 5.02 Å². The normalized spacial score (nSPS) is 21.3. The summed E-state index contributed by atoms with van der Waals surface area (Å²) < 4.78 is 49.7. The molecule has 0 amide bonds. The minimum absolute atomic E-state index is 0.0559. The molecule has 1 saturated heterocycles. The van der Waals surface area contributed by atoms with E-state index in [1.165, 1.54) is 6.07 Å². The first kappa shape index (κ1) is 15.6. The van der Waals surface area contributed by atoms with Crippen LogP contribution in [0.1, 0.15) is 33.4 Å². The van der Waals surface area contributed by atoms with Gasteiger partial charge in [-0.05, 0) is 39.8 Å². The molecule has 0 bridgehead atoms. The molecule has 0 spiro atoms. The molecule has 20 heavy (non-hydrogen) atoms. The van der Waals surface area contributed by atoms with Crippen molar-refractivity contribution in [1.82, 2.24) is 4.98 Å². The lowest BCUT2D eigenvalue weighted by molar-refractivity contribution is -0.140. The quantitative estimate of drug-likeness (QED) is 0.747. The van der Waals surface area contributed by atoms with Crippen LogP contribution in [-0.2, 0) is 15.5 Å². The van der Waals surface area contributed by atoms with E-state index >= 15 is 0 Å². The van der Waals surface area contributed by atoms with Gasteiger partial charge in [-0.15, -0.1) is 0 Å². The zero-order valence-electron chi connectivity index (χ0n) is 11.5. The number of aromatic nitrogens is 1. The Morgan fingerprint density at radius 3 is 2.05 bits per heavy atom. The van der Waals surface area contributed by atoms with Crippen molar-refractivity contribution in [2.75, 3.05) is 0 Å². The van der Waals surface area contributed by atoms with Gasteiger partial charge in [0.1, 0.15) is 0 Å².